The van der Waals surface area contributed by atoms with Crippen LogP contribution >= 0.6 is 11.6 Å². The fraction of sp³-hybridized carbons (Fsp3) is 0.579. The highest BCUT2D eigenvalue weighted by molar-refractivity contribution is 6.30. The van der Waals surface area contributed by atoms with Crippen LogP contribution in [0.25, 0.3) is 0 Å². The van der Waals surface area contributed by atoms with E-state index in [1.165, 1.54) is 31.7 Å². The Bertz CT molecular complexity index is 544. The lowest BCUT2D eigenvalue weighted by atomic mass is 9.76. The number of hydrogen-bond acceptors (Lipinski definition) is 2. The van der Waals surface area contributed by atoms with Gasteiger partial charge in [-0.15, -0.1) is 0 Å². The topological polar surface area (TPSA) is 18.5 Å². The highest BCUT2D eigenvalue weighted by Crippen LogP contribution is 2.37. The lowest BCUT2D eigenvalue weighted by Gasteiger charge is -2.37. The summed E-state index contributed by atoms with van der Waals surface area (Å²) in [6.45, 7) is 3.47. The number of ether oxygens (including phenoxy) is 2. The number of hydrogen-bond donors (Lipinski definition) is 0. The normalized spacial score (nSPS) is 32.3. The smallest absolute Gasteiger partial charge is 0.183 e. The van der Waals surface area contributed by atoms with Crippen molar-refractivity contribution in [3.05, 3.63) is 46.8 Å². The summed E-state index contributed by atoms with van der Waals surface area (Å²) in [6, 6.07) is 4.71. The molecule has 1 aliphatic carbocycles. The second kappa shape index (κ2) is 7.78. The molecule has 1 aliphatic heterocycles. The van der Waals surface area contributed by atoms with Crippen molar-refractivity contribution >= 4 is 11.6 Å². The molecule has 0 radical (unpaired) electrons. The highest BCUT2D eigenvalue weighted by atomic mass is 35.5. The predicted octanol–water partition coefficient (Wildman–Crippen LogP) is 5.52. The van der Waals surface area contributed by atoms with Gasteiger partial charge in [0.1, 0.15) is 5.82 Å². The molecular formula is C19H24ClFO2. The van der Waals surface area contributed by atoms with Crippen LogP contribution in [-0.4, -0.2) is 13.2 Å². The average molecular weight is 339 g/mol. The molecule has 0 bridgehead atoms. The fourth-order valence-electron chi connectivity index (χ4n) is 3.72. The van der Waals surface area contributed by atoms with Gasteiger partial charge in [-0.25, -0.2) is 4.39 Å². The average Bonchev–Trinajstić information content (AvgIpc) is 2.59. The van der Waals surface area contributed by atoms with Crippen LogP contribution in [0, 0.1) is 23.6 Å². The minimum Gasteiger partial charge on any atom is -0.348 e. The van der Waals surface area contributed by atoms with Crippen molar-refractivity contribution in [3.63, 3.8) is 0 Å². The summed E-state index contributed by atoms with van der Waals surface area (Å²) >= 11 is 5.72. The lowest BCUT2D eigenvalue weighted by Crippen LogP contribution is -2.34. The fourth-order valence-corrected chi connectivity index (χ4v) is 3.84. The van der Waals surface area contributed by atoms with Gasteiger partial charge < -0.3 is 9.47 Å². The molecule has 0 atom stereocenters. The Hall–Kier alpha value is -0.900. The molecule has 126 valence electrons. The summed E-state index contributed by atoms with van der Waals surface area (Å²) in [5.74, 6) is 1.45. The van der Waals surface area contributed by atoms with E-state index in [4.69, 9.17) is 21.1 Å². The highest BCUT2D eigenvalue weighted by Gasteiger charge is 2.32. The minimum absolute atomic E-state index is 0.125. The zero-order valence-electron chi connectivity index (χ0n) is 13.5. The first-order chi connectivity index (χ1) is 11.2. The third kappa shape index (κ3) is 4.14. The van der Waals surface area contributed by atoms with Gasteiger partial charge in [0, 0.05) is 11.5 Å². The van der Waals surface area contributed by atoms with E-state index in [0.717, 1.165) is 5.92 Å². The van der Waals surface area contributed by atoms with Gasteiger partial charge >= 0.3 is 0 Å². The molecule has 0 amide bonds. The Morgan fingerprint density at radius 2 is 1.78 bits per heavy atom. The summed E-state index contributed by atoms with van der Waals surface area (Å²) in [5, 5.41) is 0.125. The summed E-state index contributed by atoms with van der Waals surface area (Å²) in [5.41, 5.74) is 0.696. The van der Waals surface area contributed by atoms with Gasteiger partial charge in [0.05, 0.1) is 18.2 Å². The quantitative estimate of drug-likeness (QED) is 0.675. The third-order valence-electron chi connectivity index (χ3n) is 5.09. The van der Waals surface area contributed by atoms with E-state index >= 15 is 0 Å². The second-order valence-electron chi connectivity index (χ2n) is 6.63. The molecule has 2 aliphatic rings. The Labute approximate surface area is 142 Å². The zero-order chi connectivity index (χ0) is 16.2. The molecule has 23 heavy (non-hydrogen) atoms. The van der Waals surface area contributed by atoms with Crippen molar-refractivity contribution in [3.8, 4) is 0 Å². The van der Waals surface area contributed by atoms with E-state index in [-0.39, 0.29) is 5.02 Å². The Morgan fingerprint density at radius 3 is 2.39 bits per heavy atom. The van der Waals surface area contributed by atoms with Gasteiger partial charge in [0.25, 0.3) is 0 Å². The van der Waals surface area contributed by atoms with Crippen molar-refractivity contribution in [1.82, 2.24) is 0 Å². The molecule has 4 heteroatoms. The van der Waals surface area contributed by atoms with E-state index < -0.39 is 12.1 Å². The van der Waals surface area contributed by atoms with E-state index in [9.17, 15) is 4.39 Å². The van der Waals surface area contributed by atoms with Gasteiger partial charge in [-0.1, -0.05) is 29.8 Å². The summed E-state index contributed by atoms with van der Waals surface area (Å²) in [7, 11) is 0. The summed E-state index contributed by atoms with van der Waals surface area (Å²) < 4.78 is 25.3. The number of benzene rings is 1. The first-order valence-electron chi connectivity index (χ1n) is 8.48. The third-order valence-corrected chi connectivity index (χ3v) is 5.39. The molecule has 0 unspecified atom stereocenters. The van der Waals surface area contributed by atoms with Crippen LogP contribution in [0.3, 0.4) is 0 Å². The first kappa shape index (κ1) is 16.9. The number of rotatable bonds is 3. The monoisotopic (exact) mass is 338 g/mol. The van der Waals surface area contributed by atoms with Crippen LogP contribution in [0.2, 0.25) is 5.02 Å². The molecule has 1 aromatic carbocycles. The maximum absolute atomic E-state index is 13.6. The van der Waals surface area contributed by atoms with Gasteiger partial charge in [0.15, 0.2) is 6.29 Å². The molecular weight excluding hydrogens is 315 g/mol. The number of allylic oxidation sites excluding steroid dienone is 2. The minimum atomic E-state index is -0.475. The summed E-state index contributed by atoms with van der Waals surface area (Å²) in [4.78, 5) is 0. The zero-order valence-corrected chi connectivity index (χ0v) is 14.3. The lowest BCUT2D eigenvalue weighted by molar-refractivity contribution is -0.214. The predicted molar refractivity (Wildman–Crippen MR) is 89.8 cm³/mol. The molecule has 2 nitrogen and oxygen atoms in total. The van der Waals surface area contributed by atoms with Gasteiger partial charge in [-0.05, 0) is 56.6 Å². The largest absolute Gasteiger partial charge is 0.348 e. The summed E-state index contributed by atoms with van der Waals surface area (Å²) in [6.07, 6.45) is 9.02. The number of halogens is 2. The van der Waals surface area contributed by atoms with Crippen molar-refractivity contribution in [2.24, 2.45) is 17.8 Å². The van der Waals surface area contributed by atoms with E-state index in [1.54, 1.807) is 12.1 Å². The van der Waals surface area contributed by atoms with Crippen LogP contribution in [0.4, 0.5) is 4.39 Å². The first-order valence-corrected chi connectivity index (χ1v) is 8.86. The SMILES string of the molecule is CC=C[C@H]1CC[C@H]([C@H]2CO[C@H](c3ccc(Cl)c(F)c3)OC2)CC1. The van der Waals surface area contributed by atoms with Crippen LogP contribution in [0.5, 0.6) is 0 Å². The van der Waals surface area contributed by atoms with E-state index in [1.807, 2.05) is 0 Å². The van der Waals surface area contributed by atoms with Crippen LogP contribution in [0.15, 0.2) is 30.4 Å². The van der Waals surface area contributed by atoms with Gasteiger partial charge in [-0.3, -0.25) is 0 Å². The molecule has 1 aromatic rings. The van der Waals surface area contributed by atoms with Crippen LogP contribution in [0.1, 0.15) is 44.5 Å². The molecule has 1 saturated heterocycles. The molecule has 0 aromatic heterocycles. The van der Waals surface area contributed by atoms with Crippen LogP contribution in [-0.2, 0) is 9.47 Å². The molecule has 3 rings (SSSR count). The van der Waals surface area contributed by atoms with Crippen molar-refractivity contribution < 1.29 is 13.9 Å². The van der Waals surface area contributed by atoms with Gasteiger partial charge in [0.2, 0.25) is 0 Å². The van der Waals surface area contributed by atoms with E-state index in [2.05, 4.69) is 19.1 Å². The standard InChI is InChI=1S/C19H24ClFO2/c1-2-3-13-4-6-14(7-5-13)16-11-22-19(23-12-16)15-8-9-17(20)18(21)10-15/h2-3,8-10,13-14,16,19H,4-7,11-12H2,1H3/t13-,14-,16-,19-. The second-order valence-corrected chi connectivity index (χ2v) is 7.04. The van der Waals surface area contributed by atoms with Gasteiger partial charge in [-0.2, -0.15) is 0 Å². The van der Waals surface area contributed by atoms with Crippen molar-refractivity contribution in [2.75, 3.05) is 13.2 Å². The molecule has 0 spiro atoms. The molecule has 0 N–H and O–H groups in total. The Morgan fingerprint density at radius 1 is 1.09 bits per heavy atom. The maximum Gasteiger partial charge on any atom is 0.183 e. The van der Waals surface area contributed by atoms with E-state index in [0.29, 0.717) is 30.6 Å². The Kier molecular flexibility index (Phi) is 5.73. The van der Waals surface area contributed by atoms with Crippen molar-refractivity contribution in [2.45, 2.75) is 38.9 Å². The molecule has 2 fully saturated rings. The van der Waals surface area contributed by atoms with Crippen LogP contribution < -0.4 is 0 Å². The molecule has 1 heterocycles. The van der Waals surface area contributed by atoms with Crippen molar-refractivity contribution in [1.29, 1.82) is 0 Å². The molecule has 1 saturated carbocycles. The maximum atomic E-state index is 13.6. The Balaban J connectivity index is 1.51.